The van der Waals surface area contributed by atoms with Gasteiger partial charge in [-0.1, -0.05) is 59.5 Å². The van der Waals surface area contributed by atoms with Gasteiger partial charge in [-0.05, 0) is 48.2 Å². The fourth-order valence-electron chi connectivity index (χ4n) is 3.90. The minimum Gasteiger partial charge on any atom is -0.497 e. The van der Waals surface area contributed by atoms with Gasteiger partial charge in [0.15, 0.2) is 0 Å². The fourth-order valence-corrected chi connectivity index (χ4v) is 4.35. The van der Waals surface area contributed by atoms with E-state index in [1.165, 1.54) is 32.1 Å². The predicted molar refractivity (Wildman–Crippen MR) is 137 cm³/mol. The van der Waals surface area contributed by atoms with Crippen LogP contribution in [0.2, 0.25) is 0 Å². The first-order valence-corrected chi connectivity index (χ1v) is 12.3. The van der Waals surface area contributed by atoms with Crippen LogP contribution in [0.25, 0.3) is 0 Å². The summed E-state index contributed by atoms with van der Waals surface area (Å²) in [5.41, 5.74) is 2.26. The maximum atomic E-state index is 5.34. The number of nitrogens with one attached hydrogen (secondary N) is 2. The maximum Gasteiger partial charge on any atom is 0.231 e. The summed E-state index contributed by atoms with van der Waals surface area (Å²) in [6, 6.07) is 16.2. The first kappa shape index (κ1) is 23.3. The Labute approximate surface area is 204 Å². The van der Waals surface area contributed by atoms with Crippen molar-refractivity contribution in [2.24, 2.45) is 0 Å². The summed E-state index contributed by atoms with van der Waals surface area (Å²) in [6.07, 6.45) is 6.17. The largest absolute Gasteiger partial charge is 0.497 e. The second-order valence-electron chi connectivity index (χ2n) is 8.23. The zero-order valence-corrected chi connectivity index (χ0v) is 20.6. The molecule has 8 heteroatoms. The first-order chi connectivity index (χ1) is 16.2. The number of hydrogen-bond donors (Lipinski definition) is 2. The Morgan fingerprint density at radius 3 is 2.06 bits per heavy atom. The van der Waals surface area contributed by atoms with Gasteiger partial charge in [0.2, 0.25) is 17.8 Å². The highest BCUT2D eigenvalue weighted by atomic mass is 79.9. The van der Waals surface area contributed by atoms with Crippen LogP contribution in [0.15, 0.2) is 53.0 Å². The van der Waals surface area contributed by atoms with Crippen molar-refractivity contribution in [2.45, 2.75) is 45.2 Å². The van der Waals surface area contributed by atoms with E-state index in [4.69, 9.17) is 14.7 Å². The van der Waals surface area contributed by atoms with Crippen molar-refractivity contribution in [1.29, 1.82) is 0 Å². The highest BCUT2D eigenvalue weighted by Crippen LogP contribution is 2.20. The molecule has 2 N–H and O–H groups in total. The molecule has 0 unspecified atom stereocenters. The Balaban J connectivity index is 1.53. The Morgan fingerprint density at radius 2 is 1.42 bits per heavy atom. The monoisotopic (exact) mass is 510 g/mol. The summed E-state index contributed by atoms with van der Waals surface area (Å²) >= 11 is 3.54. The highest BCUT2D eigenvalue weighted by Gasteiger charge is 2.15. The molecular formula is C25H31BrN6O. The molecule has 1 aliphatic rings. The van der Waals surface area contributed by atoms with Gasteiger partial charge in [-0.2, -0.15) is 15.0 Å². The highest BCUT2D eigenvalue weighted by molar-refractivity contribution is 9.10. The van der Waals surface area contributed by atoms with Crippen molar-refractivity contribution in [3.8, 4) is 5.75 Å². The lowest BCUT2D eigenvalue weighted by Gasteiger charge is -2.25. The second kappa shape index (κ2) is 11.8. The summed E-state index contributed by atoms with van der Waals surface area (Å²) in [4.78, 5) is 16.5. The Morgan fingerprint density at radius 1 is 0.818 bits per heavy atom. The Kier molecular flexibility index (Phi) is 8.35. The lowest BCUT2D eigenvalue weighted by atomic mass is 10.1. The fraction of sp³-hybridized carbons (Fsp3) is 0.400. The van der Waals surface area contributed by atoms with Crippen molar-refractivity contribution in [3.63, 3.8) is 0 Å². The number of hydrogen-bond acceptors (Lipinski definition) is 7. The third-order valence-electron chi connectivity index (χ3n) is 5.69. The molecule has 0 bridgehead atoms. The molecule has 1 fully saturated rings. The van der Waals surface area contributed by atoms with E-state index in [0.29, 0.717) is 25.0 Å². The van der Waals surface area contributed by atoms with Crippen LogP contribution >= 0.6 is 15.9 Å². The van der Waals surface area contributed by atoms with Gasteiger partial charge in [-0.15, -0.1) is 0 Å². The topological polar surface area (TPSA) is 75.2 Å². The van der Waals surface area contributed by atoms with Crippen molar-refractivity contribution in [2.75, 3.05) is 35.7 Å². The number of methoxy groups -OCH3 is 1. The van der Waals surface area contributed by atoms with E-state index in [1.54, 1.807) is 7.11 Å². The van der Waals surface area contributed by atoms with E-state index in [9.17, 15) is 0 Å². The summed E-state index contributed by atoms with van der Waals surface area (Å²) in [5, 5.41) is 6.76. The first-order valence-electron chi connectivity index (χ1n) is 11.6. The molecule has 0 saturated carbocycles. The molecule has 2 heterocycles. The molecule has 0 spiro atoms. The molecule has 0 amide bonds. The minimum atomic E-state index is 0.571. The molecule has 1 aromatic heterocycles. The van der Waals surface area contributed by atoms with Gasteiger partial charge >= 0.3 is 0 Å². The van der Waals surface area contributed by atoms with Crippen LogP contribution in [-0.4, -0.2) is 35.2 Å². The van der Waals surface area contributed by atoms with E-state index < -0.39 is 0 Å². The van der Waals surface area contributed by atoms with Crippen LogP contribution in [0.3, 0.4) is 0 Å². The molecule has 33 heavy (non-hydrogen) atoms. The van der Waals surface area contributed by atoms with Crippen molar-refractivity contribution >= 4 is 33.8 Å². The van der Waals surface area contributed by atoms with Gasteiger partial charge in [-0.25, -0.2) is 0 Å². The summed E-state index contributed by atoms with van der Waals surface area (Å²) in [6.45, 7) is 3.19. The summed E-state index contributed by atoms with van der Waals surface area (Å²) in [5.74, 6) is 2.72. The number of anilines is 3. The maximum absolute atomic E-state index is 5.34. The molecule has 0 radical (unpaired) electrons. The van der Waals surface area contributed by atoms with E-state index in [2.05, 4.69) is 54.6 Å². The third-order valence-corrected chi connectivity index (χ3v) is 6.18. The van der Waals surface area contributed by atoms with E-state index in [-0.39, 0.29) is 0 Å². The molecule has 7 nitrogen and oxygen atoms in total. The molecule has 1 saturated heterocycles. The molecule has 3 aromatic rings. The predicted octanol–water partition coefficient (Wildman–Crippen LogP) is 5.64. The number of benzene rings is 2. The quantitative estimate of drug-likeness (QED) is 0.406. The minimum absolute atomic E-state index is 0.571. The molecule has 174 valence electrons. The Bertz CT molecular complexity index is 1040. The van der Waals surface area contributed by atoms with Gasteiger partial charge < -0.3 is 20.3 Å². The summed E-state index contributed by atoms with van der Waals surface area (Å²) in [7, 11) is 1.68. The van der Waals surface area contributed by atoms with Gasteiger partial charge in [0.05, 0.1) is 7.11 Å². The lowest BCUT2D eigenvalue weighted by Crippen LogP contribution is -2.29. The number of aromatic nitrogens is 3. The number of halogens is 1. The molecule has 0 atom stereocenters. The third kappa shape index (κ3) is 7.05. The average molecular weight is 511 g/mol. The number of ether oxygens (including phenoxy) is 1. The zero-order chi connectivity index (χ0) is 22.9. The van der Waals surface area contributed by atoms with Gasteiger partial charge in [-0.3, -0.25) is 0 Å². The molecule has 1 aliphatic heterocycles. The second-order valence-corrected chi connectivity index (χ2v) is 9.14. The van der Waals surface area contributed by atoms with Crippen molar-refractivity contribution in [1.82, 2.24) is 15.0 Å². The standard InChI is InChI=1S/C25H31BrN6O/c1-33-22-12-8-10-20(16-22)18-28-24-29-23(27-17-19-9-7-11-21(26)15-19)30-25(31-24)32-13-5-3-2-4-6-14-32/h7-12,15-16H,2-6,13-14,17-18H2,1H3,(H2,27,28,29,30,31). The van der Waals surface area contributed by atoms with E-state index in [1.807, 2.05) is 30.3 Å². The van der Waals surface area contributed by atoms with Gasteiger partial charge in [0, 0.05) is 30.7 Å². The molecule has 4 rings (SSSR count). The van der Waals surface area contributed by atoms with Crippen LogP contribution in [0.4, 0.5) is 17.8 Å². The van der Waals surface area contributed by atoms with Crippen molar-refractivity contribution < 1.29 is 4.74 Å². The van der Waals surface area contributed by atoms with Crippen LogP contribution in [-0.2, 0) is 13.1 Å². The smallest absolute Gasteiger partial charge is 0.231 e. The number of rotatable bonds is 8. The normalized spacial score (nSPS) is 14.3. The average Bonchev–Trinajstić information content (AvgIpc) is 2.81. The molecular weight excluding hydrogens is 480 g/mol. The SMILES string of the molecule is COc1cccc(CNc2nc(NCc3cccc(Br)c3)nc(N3CCCCCCC3)n2)c1. The molecule has 0 aliphatic carbocycles. The van der Waals surface area contributed by atoms with E-state index in [0.717, 1.165) is 40.4 Å². The van der Waals surface area contributed by atoms with Gasteiger partial charge in [0.1, 0.15) is 5.75 Å². The van der Waals surface area contributed by atoms with Crippen molar-refractivity contribution in [3.05, 3.63) is 64.1 Å². The lowest BCUT2D eigenvalue weighted by molar-refractivity contribution is 0.414. The van der Waals surface area contributed by atoms with Crippen LogP contribution < -0.4 is 20.3 Å². The van der Waals surface area contributed by atoms with Crippen LogP contribution in [0, 0.1) is 0 Å². The van der Waals surface area contributed by atoms with Crippen LogP contribution in [0.5, 0.6) is 5.75 Å². The zero-order valence-electron chi connectivity index (χ0n) is 19.1. The molecule has 2 aromatic carbocycles. The summed E-state index contributed by atoms with van der Waals surface area (Å²) < 4.78 is 6.39. The Hall–Kier alpha value is -2.87. The van der Waals surface area contributed by atoms with Crippen LogP contribution in [0.1, 0.15) is 43.2 Å². The number of nitrogens with zero attached hydrogens (tertiary/aromatic N) is 4. The van der Waals surface area contributed by atoms with E-state index >= 15 is 0 Å². The van der Waals surface area contributed by atoms with Gasteiger partial charge in [0.25, 0.3) is 0 Å².